The molecule has 0 saturated carbocycles. The predicted molar refractivity (Wildman–Crippen MR) is 82.2 cm³/mol. The Morgan fingerprint density at radius 1 is 1.37 bits per heavy atom. The fraction of sp³-hybridized carbons (Fsp3) is 0.400. The highest BCUT2D eigenvalue weighted by atomic mass is 79.9. The number of nitrogens with zero attached hydrogens (tertiary/aromatic N) is 2. The summed E-state index contributed by atoms with van der Waals surface area (Å²) in [5, 5.41) is 7.88. The summed E-state index contributed by atoms with van der Waals surface area (Å²) in [6, 6.07) is 8.73. The minimum Gasteiger partial charge on any atom is -0.305 e. The number of hydrogen-bond acceptors (Lipinski definition) is 2. The average Bonchev–Trinajstić information content (AvgIpc) is 2.78. The molecule has 2 aromatic rings. The van der Waals surface area contributed by atoms with Crippen LogP contribution in [0, 0.1) is 6.92 Å². The molecule has 19 heavy (non-hydrogen) atoms. The van der Waals surface area contributed by atoms with Crippen molar-refractivity contribution < 1.29 is 0 Å². The number of aromatic nitrogens is 2. The van der Waals surface area contributed by atoms with Crippen LogP contribution in [0.3, 0.4) is 0 Å². The molecule has 1 N–H and O–H groups in total. The monoisotopic (exact) mass is 321 g/mol. The van der Waals surface area contributed by atoms with Crippen LogP contribution in [0.2, 0.25) is 0 Å². The molecule has 4 heteroatoms. The molecule has 0 aliphatic rings. The first-order valence-electron chi connectivity index (χ1n) is 6.60. The topological polar surface area (TPSA) is 29.9 Å². The predicted octanol–water partition coefficient (Wildman–Crippen LogP) is 3.58. The van der Waals surface area contributed by atoms with E-state index in [-0.39, 0.29) is 6.04 Å². The highest BCUT2D eigenvalue weighted by Crippen LogP contribution is 2.29. The Bertz CT molecular complexity index is 548. The number of nitrogens with one attached hydrogen (secondary N) is 1. The maximum absolute atomic E-state index is 4.28. The van der Waals surface area contributed by atoms with Crippen molar-refractivity contribution >= 4 is 15.9 Å². The van der Waals surface area contributed by atoms with Crippen LogP contribution in [-0.4, -0.2) is 16.3 Å². The molecular weight excluding hydrogens is 302 g/mol. The van der Waals surface area contributed by atoms with E-state index in [4.69, 9.17) is 0 Å². The van der Waals surface area contributed by atoms with Crippen LogP contribution in [0.15, 0.2) is 34.9 Å². The number of benzene rings is 1. The van der Waals surface area contributed by atoms with Gasteiger partial charge in [-0.2, -0.15) is 5.10 Å². The Morgan fingerprint density at radius 3 is 2.74 bits per heavy atom. The first kappa shape index (κ1) is 14.3. The summed E-state index contributed by atoms with van der Waals surface area (Å²) in [6.45, 7) is 5.26. The van der Waals surface area contributed by atoms with Crippen LogP contribution < -0.4 is 5.32 Å². The van der Waals surface area contributed by atoms with Crippen molar-refractivity contribution in [2.45, 2.75) is 26.3 Å². The Hall–Kier alpha value is -1.13. The van der Waals surface area contributed by atoms with Gasteiger partial charge in [0.2, 0.25) is 0 Å². The third-order valence-corrected chi connectivity index (χ3v) is 3.91. The Morgan fingerprint density at radius 2 is 2.16 bits per heavy atom. The number of halogens is 1. The number of hydrogen-bond donors (Lipinski definition) is 1. The third-order valence-electron chi connectivity index (χ3n) is 3.22. The van der Waals surface area contributed by atoms with Crippen molar-refractivity contribution in [3.8, 4) is 0 Å². The van der Waals surface area contributed by atoms with E-state index >= 15 is 0 Å². The lowest BCUT2D eigenvalue weighted by atomic mass is 10.0. The van der Waals surface area contributed by atoms with Gasteiger partial charge in [-0.3, -0.25) is 4.68 Å². The smallest absolute Gasteiger partial charge is 0.0759 e. The van der Waals surface area contributed by atoms with Crippen molar-refractivity contribution in [1.29, 1.82) is 0 Å². The van der Waals surface area contributed by atoms with E-state index in [1.807, 2.05) is 17.9 Å². The minimum atomic E-state index is 0.169. The van der Waals surface area contributed by atoms with Gasteiger partial charge in [0.1, 0.15) is 0 Å². The van der Waals surface area contributed by atoms with Gasteiger partial charge in [-0.15, -0.1) is 0 Å². The molecule has 1 heterocycles. The fourth-order valence-corrected chi connectivity index (χ4v) is 2.92. The molecule has 1 aromatic heterocycles. The second kappa shape index (κ2) is 6.35. The Labute approximate surface area is 123 Å². The molecule has 0 bridgehead atoms. The SMILES string of the molecule is CCCNC(c1ccc(C)cc1Br)c1ccnn1C. The molecule has 0 spiro atoms. The molecule has 1 aromatic carbocycles. The molecule has 0 saturated heterocycles. The lowest BCUT2D eigenvalue weighted by Gasteiger charge is -2.21. The summed E-state index contributed by atoms with van der Waals surface area (Å²) in [5.41, 5.74) is 3.69. The third kappa shape index (κ3) is 3.25. The zero-order valence-corrected chi connectivity index (χ0v) is 13.2. The van der Waals surface area contributed by atoms with Crippen molar-refractivity contribution in [1.82, 2.24) is 15.1 Å². The first-order valence-corrected chi connectivity index (χ1v) is 7.40. The van der Waals surface area contributed by atoms with Crippen molar-refractivity contribution in [3.05, 3.63) is 51.8 Å². The molecule has 3 nitrogen and oxygen atoms in total. The molecule has 102 valence electrons. The standard InChI is InChI=1S/C15H20BrN3/c1-4-8-17-15(14-7-9-18-19(14)3)12-6-5-11(2)10-13(12)16/h5-7,9-10,15,17H,4,8H2,1-3H3. The van der Waals surface area contributed by atoms with E-state index in [0.29, 0.717) is 0 Å². The van der Waals surface area contributed by atoms with Crippen LogP contribution in [0.4, 0.5) is 0 Å². The summed E-state index contributed by atoms with van der Waals surface area (Å²) < 4.78 is 3.07. The van der Waals surface area contributed by atoms with Gasteiger partial charge in [-0.1, -0.05) is 35.0 Å². The lowest BCUT2D eigenvalue weighted by Crippen LogP contribution is -2.25. The fourth-order valence-electron chi connectivity index (χ4n) is 2.20. The molecule has 1 atom stereocenters. The quantitative estimate of drug-likeness (QED) is 0.912. The van der Waals surface area contributed by atoms with Gasteiger partial charge in [0.25, 0.3) is 0 Å². The van der Waals surface area contributed by atoms with Crippen molar-refractivity contribution in [3.63, 3.8) is 0 Å². The first-order chi connectivity index (χ1) is 9.13. The van der Waals surface area contributed by atoms with E-state index in [1.54, 1.807) is 0 Å². The van der Waals surface area contributed by atoms with Gasteiger partial charge < -0.3 is 5.32 Å². The molecule has 0 fully saturated rings. The van der Waals surface area contributed by atoms with Gasteiger partial charge >= 0.3 is 0 Å². The van der Waals surface area contributed by atoms with Crippen LogP contribution in [0.25, 0.3) is 0 Å². The number of aryl methyl sites for hydroxylation is 2. The maximum atomic E-state index is 4.28. The van der Waals surface area contributed by atoms with E-state index in [9.17, 15) is 0 Å². The summed E-state index contributed by atoms with van der Waals surface area (Å²) in [6.07, 6.45) is 2.95. The van der Waals surface area contributed by atoms with Crippen molar-refractivity contribution in [2.75, 3.05) is 6.54 Å². The Kier molecular flexibility index (Phi) is 4.77. The molecule has 0 amide bonds. The second-order valence-corrected chi connectivity index (χ2v) is 5.65. The summed E-state index contributed by atoms with van der Waals surface area (Å²) in [7, 11) is 1.98. The summed E-state index contributed by atoms with van der Waals surface area (Å²) in [4.78, 5) is 0. The molecule has 0 aliphatic heterocycles. The largest absolute Gasteiger partial charge is 0.305 e. The molecular formula is C15H20BrN3. The molecule has 2 rings (SSSR count). The van der Waals surface area contributed by atoms with Crippen LogP contribution in [-0.2, 0) is 7.05 Å². The van der Waals surface area contributed by atoms with Gasteiger partial charge in [-0.05, 0) is 43.1 Å². The molecule has 0 aliphatic carbocycles. The van der Waals surface area contributed by atoms with Crippen molar-refractivity contribution in [2.24, 2.45) is 7.05 Å². The minimum absolute atomic E-state index is 0.169. The van der Waals surface area contributed by atoms with Gasteiger partial charge in [-0.25, -0.2) is 0 Å². The zero-order chi connectivity index (χ0) is 13.8. The highest BCUT2D eigenvalue weighted by Gasteiger charge is 2.18. The van der Waals surface area contributed by atoms with E-state index in [1.165, 1.54) is 16.8 Å². The summed E-state index contributed by atoms with van der Waals surface area (Å²) >= 11 is 3.68. The normalized spacial score (nSPS) is 12.6. The zero-order valence-electron chi connectivity index (χ0n) is 11.7. The molecule has 0 radical (unpaired) electrons. The maximum Gasteiger partial charge on any atom is 0.0759 e. The summed E-state index contributed by atoms with van der Waals surface area (Å²) in [5.74, 6) is 0. The van der Waals surface area contributed by atoms with Crippen LogP contribution in [0.1, 0.15) is 36.2 Å². The Balaban J connectivity index is 2.40. The van der Waals surface area contributed by atoms with E-state index in [2.05, 4.69) is 64.5 Å². The van der Waals surface area contributed by atoms with Gasteiger partial charge in [0.15, 0.2) is 0 Å². The van der Waals surface area contributed by atoms with Crippen LogP contribution >= 0.6 is 15.9 Å². The van der Waals surface area contributed by atoms with Gasteiger partial charge in [0, 0.05) is 17.7 Å². The average molecular weight is 322 g/mol. The van der Waals surface area contributed by atoms with Gasteiger partial charge in [0.05, 0.1) is 11.7 Å². The lowest BCUT2D eigenvalue weighted by molar-refractivity contribution is 0.552. The highest BCUT2D eigenvalue weighted by molar-refractivity contribution is 9.10. The van der Waals surface area contributed by atoms with Crippen LogP contribution in [0.5, 0.6) is 0 Å². The van der Waals surface area contributed by atoms with E-state index < -0.39 is 0 Å². The second-order valence-electron chi connectivity index (χ2n) is 4.79. The number of rotatable bonds is 5. The molecule has 1 unspecified atom stereocenters. The van der Waals surface area contributed by atoms with E-state index in [0.717, 1.165) is 17.4 Å².